The molecule has 2 aromatic carbocycles. The lowest BCUT2D eigenvalue weighted by Gasteiger charge is -2.35. The van der Waals surface area contributed by atoms with Crippen LogP contribution >= 0.6 is 0 Å². The Morgan fingerprint density at radius 3 is 1.49 bits per heavy atom. The van der Waals surface area contributed by atoms with Crippen molar-refractivity contribution in [1.29, 1.82) is 0 Å². The largest absolute Gasteiger partial charge is 0.457 e. The summed E-state index contributed by atoms with van der Waals surface area (Å²) in [6, 6.07) is 19.7. The molecule has 4 aliphatic heterocycles. The van der Waals surface area contributed by atoms with Crippen molar-refractivity contribution in [2.24, 2.45) is 0 Å². The molecule has 4 aliphatic rings. The van der Waals surface area contributed by atoms with Crippen molar-refractivity contribution in [3.8, 4) is 34.8 Å². The van der Waals surface area contributed by atoms with Gasteiger partial charge in [0.1, 0.15) is 12.2 Å². The number of anilines is 6. The highest BCUT2D eigenvalue weighted by molar-refractivity contribution is 6.13. The summed E-state index contributed by atoms with van der Waals surface area (Å²) in [5.41, 5.74) is 2.69. The van der Waals surface area contributed by atoms with Crippen molar-refractivity contribution >= 4 is 46.7 Å². The van der Waals surface area contributed by atoms with E-state index in [9.17, 15) is 9.59 Å². The van der Waals surface area contributed by atoms with Gasteiger partial charge in [-0.3, -0.25) is 9.97 Å². The van der Waals surface area contributed by atoms with Crippen molar-refractivity contribution < 1.29 is 38.0 Å². The summed E-state index contributed by atoms with van der Waals surface area (Å²) in [6.45, 7) is 9.41. The molecule has 0 saturated carbocycles. The fourth-order valence-corrected chi connectivity index (χ4v) is 8.25. The number of aromatic nitrogens is 8. The van der Waals surface area contributed by atoms with Gasteiger partial charge in [-0.1, -0.05) is 0 Å². The van der Waals surface area contributed by atoms with E-state index in [1.54, 1.807) is 91.4 Å². The van der Waals surface area contributed by atoms with Gasteiger partial charge in [0.15, 0.2) is 11.6 Å². The minimum absolute atomic E-state index is 0.0106. The highest BCUT2D eigenvalue weighted by Crippen LogP contribution is 2.32. The third-order valence-corrected chi connectivity index (χ3v) is 11.9. The van der Waals surface area contributed by atoms with Crippen molar-refractivity contribution in [3.05, 3.63) is 97.6 Å². The molecule has 4 unspecified atom stereocenters. The maximum atomic E-state index is 14.8. The van der Waals surface area contributed by atoms with E-state index in [4.69, 9.17) is 58.3 Å². The molecule has 0 bridgehead atoms. The average molecular weight is 953 g/mol. The number of rotatable bonds is 12. The molecule has 362 valence electrons. The summed E-state index contributed by atoms with van der Waals surface area (Å²) in [6.07, 6.45) is 7.25. The summed E-state index contributed by atoms with van der Waals surface area (Å²) in [5, 5.41) is 8.33. The third-order valence-electron chi connectivity index (χ3n) is 11.9. The van der Waals surface area contributed by atoms with Crippen molar-refractivity contribution in [2.45, 2.75) is 51.0 Å². The molecule has 2 N–H and O–H groups in total. The van der Waals surface area contributed by atoms with E-state index < -0.39 is 12.1 Å². The Morgan fingerprint density at radius 1 is 0.557 bits per heavy atom. The second kappa shape index (κ2) is 21.3. The van der Waals surface area contributed by atoms with E-state index in [1.165, 1.54) is 16.2 Å². The first kappa shape index (κ1) is 46.1. The van der Waals surface area contributed by atoms with Crippen LogP contribution in [-0.2, 0) is 18.9 Å². The number of amides is 4. The Morgan fingerprint density at radius 2 is 1.04 bits per heavy atom. The van der Waals surface area contributed by atoms with E-state index in [0.29, 0.717) is 136 Å². The first-order valence-corrected chi connectivity index (χ1v) is 23.2. The van der Waals surface area contributed by atoms with Gasteiger partial charge in [-0.2, -0.15) is 39.9 Å². The summed E-state index contributed by atoms with van der Waals surface area (Å²) in [5.74, 6) is 1.62. The molecule has 4 atom stereocenters. The molecular weight excluding hydrogens is 901 g/mol. The lowest BCUT2D eigenvalue weighted by Crippen LogP contribution is -2.53. The number of nitrogens with one attached hydrogen (secondary N) is 2. The fraction of sp³-hybridized carbons (Fsp3) is 0.375. The first-order chi connectivity index (χ1) is 34.3. The normalized spacial score (nSPS) is 20.1. The SMILES string of the molecule is CC1COCCN1c1nc(OC2CCOC2)nc(-c2ccc(N(C(=O)Nc3ccncc3)N(C(=O)Nc3cccnc3)c3ccc(-c4nc(OC5CCOC5)nc(N5CCOCC5C)n4)cc3)cc2)n1. The maximum Gasteiger partial charge on any atom is 0.345 e. The van der Waals surface area contributed by atoms with Gasteiger partial charge < -0.3 is 48.9 Å². The first-order valence-electron chi connectivity index (χ1n) is 23.2. The van der Waals surface area contributed by atoms with E-state index >= 15 is 0 Å². The van der Waals surface area contributed by atoms with Crippen molar-refractivity contribution in [1.82, 2.24) is 39.9 Å². The summed E-state index contributed by atoms with van der Waals surface area (Å²) in [7, 11) is 0. The highest BCUT2D eigenvalue weighted by Gasteiger charge is 2.32. The van der Waals surface area contributed by atoms with Gasteiger partial charge in [-0.25, -0.2) is 9.59 Å². The van der Waals surface area contributed by atoms with E-state index in [1.807, 2.05) is 13.8 Å². The molecule has 22 nitrogen and oxygen atoms in total. The molecule has 0 spiro atoms. The van der Waals surface area contributed by atoms with Crippen LogP contribution in [0.1, 0.15) is 26.7 Å². The zero-order valence-corrected chi connectivity index (χ0v) is 38.7. The Kier molecular flexibility index (Phi) is 14.0. The summed E-state index contributed by atoms with van der Waals surface area (Å²) >= 11 is 0. The van der Waals surface area contributed by atoms with Crippen LogP contribution in [0.4, 0.5) is 44.2 Å². The number of hydrogen-bond donors (Lipinski definition) is 2. The number of pyridine rings is 2. The molecule has 10 rings (SSSR count). The number of ether oxygens (including phenoxy) is 6. The van der Waals surface area contributed by atoms with Crippen LogP contribution in [-0.4, -0.2) is 142 Å². The molecule has 8 heterocycles. The third kappa shape index (κ3) is 10.8. The predicted octanol–water partition coefficient (Wildman–Crippen LogP) is 5.66. The number of carbonyl (C=O) groups excluding carboxylic acids is 2. The molecule has 0 aliphatic carbocycles. The Balaban J connectivity index is 1.03. The number of urea groups is 2. The van der Waals surface area contributed by atoms with Gasteiger partial charge in [0.25, 0.3) is 0 Å². The van der Waals surface area contributed by atoms with Crippen LogP contribution in [0.2, 0.25) is 0 Å². The molecule has 4 fully saturated rings. The molecule has 4 amide bonds. The number of carbonyl (C=O) groups is 2. The quantitative estimate of drug-likeness (QED) is 0.141. The van der Waals surface area contributed by atoms with Crippen LogP contribution in [0.25, 0.3) is 22.8 Å². The smallest absolute Gasteiger partial charge is 0.345 e. The maximum absolute atomic E-state index is 14.8. The van der Waals surface area contributed by atoms with Gasteiger partial charge in [-0.05, 0) is 86.6 Å². The van der Waals surface area contributed by atoms with Crippen LogP contribution in [0.3, 0.4) is 0 Å². The molecule has 0 radical (unpaired) electrons. The lowest BCUT2D eigenvalue weighted by molar-refractivity contribution is 0.0976. The predicted molar refractivity (Wildman–Crippen MR) is 257 cm³/mol. The van der Waals surface area contributed by atoms with Gasteiger partial charge >= 0.3 is 24.1 Å². The van der Waals surface area contributed by atoms with Gasteiger partial charge in [0.2, 0.25) is 11.9 Å². The second-order valence-corrected chi connectivity index (χ2v) is 17.0. The number of hydrogen-bond acceptors (Lipinski definition) is 18. The molecule has 70 heavy (non-hydrogen) atoms. The van der Waals surface area contributed by atoms with Crippen LogP contribution in [0, 0.1) is 0 Å². The van der Waals surface area contributed by atoms with Gasteiger partial charge in [0, 0.05) is 61.3 Å². The molecule has 6 aromatic rings. The summed E-state index contributed by atoms with van der Waals surface area (Å²) < 4.78 is 35.0. The molecule has 22 heteroatoms. The second-order valence-electron chi connectivity index (χ2n) is 17.0. The van der Waals surface area contributed by atoms with Crippen LogP contribution in [0.15, 0.2) is 97.6 Å². The number of nitrogens with zero attached hydrogens (tertiary/aromatic N) is 12. The summed E-state index contributed by atoms with van der Waals surface area (Å²) in [4.78, 5) is 70.7. The number of morpholine rings is 2. The zero-order valence-electron chi connectivity index (χ0n) is 38.7. The number of benzene rings is 2. The van der Waals surface area contributed by atoms with E-state index in [0.717, 1.165) is 0 Å². The Bertz CT molecular complexity index is 2530. The molecule has 4 saturated heterocycles. The Hall–Kier alpha value is -7.66. The number of hydrazine groups is 1. The highest BCUT2D eigenvalue weighted by atomic mass is 16.6. The van der Waals surface area contributed by atoms with Crippen molar-refractivity contribution in [2.75, 3.05) is 96.4 Å². The lowest BCUT2D eigenvalue weighted by atomic mass is 10.1. The molecular formula is C48H52N14O8. The molecule has 4 aromatic heterocycles. The average Bonchev–Trinajstić information content (AvgIpc) is 4.11. The van der Waals surface area contributed by atoms with E-state index in [-0.39, 0.29) is 36.3 Å². The minimum Gasteiger partial charge on any atom is -0.457 e. The van der Waals surface area contributed by atoms with Gasteiger partial charge in [-0.15, -0.1) is 0 Å². The van der Waals surface area contributed by atoms with E-state index in [2.05, 4.69) is 30.4 Å². The minimum atomic E-state index is -0.674. The standard InChI is InChI=1S/C48H52N14O8/c1-31-27-67-24-20-59(31)43-53-41(55-45(57-43)69-39-15-22-65-29-39)33-5-9-37(10-6-33)61(47(63)51-35-13-18-49-19-14-35)62(48(64)52-36-4-3-17-50-26-36)38-11-7-34(8-12-38)42-54-44(60-21-25-68-28-32(60)2)58-46(56-42)70-40-16-23-66-30-40/h3-14,17-19,26,31-32,39-40H,15-16,20-25,27-30H2,1-2H3,(H,52,64)(H,49,51,63). The van der Waals surface area contributed by atoms with Gasteiger partial charge in [0.05, 0.1) is 88.2 Å². The monoisotopic (exact) mass is 952 g/mol. The zero-order chi connectivity index (χ0) is 47.8. The van der Waals surface area contributed by atoms with Crippen molar-refractivity contribution in [3.63, 3.8) is 0 Å². The fourth-order valence-electron chi connectivity index (χ4n) is 8.25. The van der Waals surface area contributed by atoms with Crippen LogP contribution < -0.4 is 39.9 Å². The Labute approximate surface area is 403 Å². The topological polar surface area (TPSA) is 230 Å². The van der Waals surface area contributed by atoms with Crippen LogP contribution in [0.5, 0.6) is 12.0 Å².